The number of nitriles is 1. The predicted molar refractivity (Wildman–Crippen MR) is 84.7 cm³/mol. The van der Waals surface area contributed by atoms with Gasteiger partial charge in [0.15, 0.2) is 0 Å². The molecule has 0 bridgehead atoms. The molecule has 0 saturated heterocycles. The first-order valence-corrected chi connectivity index (χ1v) is 7.93. The van der Waals surface area contributed by atoms with Gasteiger partial charge in [-0.2, -0.15) is 5.26 Å². The fraction of sp³-hybridized carbons (Fsp3) is 0.267. The molecule has 0 spiro atoms. The van der Waals surface area contributed by atoms with Crippen LogP contribution >= 0.6 is 27.3 Å². The van der Waals surface area contributed by atoms with Crippen LogP contribution in [0.15, 0.2) is 40.2 Å². The molecule has 0 amide bonds. The van der Waals surface area contributed by atoms with E-state index in [4.69, 9.17) is 5.26 Å². The Kier molecular flexibility index (Phi) is 5.74. The van der Waals surface area contributed by atoms with Crippen molar-refractivity contribution >= 4 is 27.3 Å². The minimum absolute atomic E-state index is 0.512. The molecule has 1 aromatic heterocycles. The Morgan fingerprint density at radius 2 is 2.00 bits per heavy atom. The predicted octanol–water partition coefficient (Wildman–Crippen LogP) is 3.25. The minimum Gasteiger partial charge on any atom is -0.387 e. The van der Waals surface area contributed by atoms with Crippen LogP contribution in [0.1, 0.15) is 22.1 Å². The molecule has 1 unspecified atom stereocenters. The van der Waals surface area contributed by atoms with Crippen LogP contribution < -0.4 is 5.32 Å². The van der Waals surface area contributed by atoms with Crippen LogP contribution in [-0.2, 0) is 6.42 Å². The van der Waals surface area contributed by atoms with Gasteiger partial charge in [0.05, 0.1) is 21.5 Å². The van der Waals surface area contributed by atoms with Crippen LogP contribution in [-0.4, -0.2) is 18.2 Å². The first-order chi connectivity index (χ1) is 9.69. The molecule has 0 radical (unpaired) electrons. The Morgan fingerprint density at radius 3 is 2.60 bits per heavy atom. The van der Waals surface area contributed by atoms with E-state index in [1.54, 1.807) is 35.6 Å². The molecule has 0 aliphatic rings. The van der Waals surface area contributed by atoms with E-state index in [1.807, 2.05) is 6.07 Å². The maximum absolute atomic E-state index is 10.0. The van der Waals surface area contributed by atoms with E-state index in [9.17, 15) is 5.11 Å². The number of nitrogens with zero attached hydrogens (tertiary/aromatic N) is 1. The van der Waals surface area contributed by atoms with Crippen molar-refractivity contribution in [2.75, 3.05) is 13.1 Å². The van der Waals surface area contributed by atoms with Crippen LogP contribution in [0.4, 0.5) is 0 Å². The average Bonchev–Trinajstić information content (AvgIpc) is 2.89. The van der Waals surface area contributed by atoms with Gasteiger partial charge in [-0.25, -0.2) is 0 Å². The van der Waals surface area contributed by atoms with Gasteiger partial charge in [0.25, 0.3) is 0 Å². The molecular weight excluding hydrogens is 336 g/mol. The third-order valence-corrected chi connectivity index (χ3v) is 4.62. The van der Waals surface area contributed by atoms with Gasteiger partial charge in [0.2, 0.25) is 0 Å². The molecule has 104 valence electrons. The summed E-state index contributed by atoms with van der Waals surface area (Å²) >= 11 is 5.17. The van der Waals surface area contributed by atoms with E-state index in [-0.39, 0.29) is 0 Å². The van der Waals surface area contributed by atoms with Gasteiger partial charge in [0, 0.05) is 18.0 Å². The monoisotopic (exact) mass is 350 g/mol. The first kappa shape index (κ1) is 15.2. The van der Waals surface area contributed by atoms with Crippen molar-refractivity contribution in [1.82, 2.24) is 5.32 Å². The number of aliphatic hydroxyl groups is 1. The van der Waals surface area contributed by atoms with E-state index in [0.29, 0.717) is 12.1 Å². The summed E-state index contributed by atoms with van der Waals surface area (Å²) in [5.74, 6) is 0. The molecule has 2 aromatic rings. The molecule has 1 aromatic carbocycles. The van der Waals surface area contributed by atoms with Gasteiger partial charge in [-0.1, -0.05) is 12.1 Å². The van der Waals surface area contributed by atoms with Gasteiger partial charge in [-0.05, 0) is 52.2 Å². The largest absolute Gasteiger partial charge is 0.387 e. The minimum atomic E-state index is -0.544. The second-order valence-corrected chi connectivity index (χ2v) is 6.96. The summed E-state index contributed by atoms with van der Waals surface area (Å²) in [5.41, 5.74) is 1.44. The summed E-state index contributed by atoms with van der Waals surface area (Å²) in [7, 11) is 0. The highest BCUT2D eigenvalue weighted by molar-refractivity contribution is 9.11. The Balaban J connectivity index is 1.74. The maximum atomic E-state index is 10.0. The van der Waals surface area contributed by atoms with Crippen molar-refractivity contribution in [2.24, 2.45) is 0 Å². The quantitative estimate of drug-likeness (QED) is 0.786. The molecule has 1 heterocycles. The summed E-state index contributed by atoms with van der Waals surface area (Å²) in [6.45, 7) is 1.35. The molecule has 0 aliphatic carbocycles. The molecule has 1 atom stereocenters. The van der Waals surface area contributed by atoms with Gasteiger partial charge in [0.1, 0.15) is 0 Å². The number of rotatable bonds is 6. The Hall–Kier alpha value is -1.19. The first-order valence-electron chi connectivity index (χ1n) is 6.32. The molecule has 0 aliphatic heterocycles. The average molecular weight is 351 g/mol. The third kappa shape index (κ3) is 4.43. The summed E-state index contributed by atoms with van der Waals surface area (Å²) in [6.07, 6.45) is 0.411. The Morgan fingerprint density at radius 1 is 1.25 bits per heavy atom. The van der Waals surface area contributed by atoms with Crippen molar-refractivity contribution in [1.29, 1.82) is 5.26 Å². The zero-order valence-electron chi connectivity index (χ0n) is 10.8. The lowest BCUT2D eigenvalue weighted by molar-refractivity contribution is 0.175. The lowest BCUT2D eigenvalue weighted by Crippen LogP contribution is -2.23. The third-order valence-electron chi connectivity index (χ3n) is 2.94. The fourth-order valence-electron chi connectivity index (χ4n) is 1.83. The SMILES string of the molecule is N#Cc1ccc(C(O)CNCCc2ccc(Br)s2)cc1. The summed E-state index contributed by atoms with van der Waals surface area (Å²) in [6, 6.07) is 13.3. The molecule has 0 fully saturated rings. The van der Waals surface area contributed by atoms with E-state index >= 15 is 0 Å². The highest BCUT2D eigenvalue weighted by Gasteiger charge is 2.07. The summed E-state index contributed by atoms with van der Waals surface area (Å²) in [4.78, 5) is 1.32. The van der Waals surface area contributed by atoms with Crippen LogP contribution in [0.2, 0.25) is 0 Å². The highest BCUT2D eigenvalue weighted by Crippen LogP contribution is 2.22. The topological polar surface area (TPSA) is 56.0 Å². The number of hydrogen-bond donors (Lipinski definition) is 2. The summed E-state index contributed by atoms with van der Waals surface area (Å²) < 4.78 is 1.14. The van der Waals surface area contributed by atoms with Crippen molar-refractivity contribution in [3.8, 4) is 6.07 Å². The summed E-state index contributed by atoms with van der Waals surface area (Å²) in [5, 5.41) is 22.0. The van der Waals surface area contributed by atoms with Crippen LogP contribution in [0, 0.1) is 11.3 Å². The van der Waals surface area contributed by atoms with E-state index < -0.39 is 6.10 Å². The molecule has 3 nitrogen and oxygen atoms in total. The van der Waals surface area contributed by atoms with Crippen molar-refractivity contribution in [2.45, 2.75) is 12.5 Å². The van der Waals surface area contributed by atoms with Gasteiger partial charge >= 0.3 is 0 Å². The number of aliphatic hydroxyl groups excluding tert-OH is 1. The molecule has 0 saturated carbocycles. The molecule has 5 heteroatoms. The highest BCUT2D eigenvalue weighted by atomic mass is 79.9. The van der Waals surface area contributed by atoms with E-state index in [0.717, 1.165) is 22.3 Å². The van der Waals surface area contributed by atoms with E-state index in [2.05, 4.69) is 33.4 Å². The molecule has 2 N–H and O–H groups in total. The maximum Gasteiger partial charge on any atom is 0.0991 e. The standard InChI is InChI=1S/C15H15BrN2OS/c16-15-6-5-13(20-15)7-8-18-10-14(19)12-3-1-11(9-17)2-4-12/h1-6,14,18-19H,7-8,10H2. The van der Waals surface area contributed by atoms with Crippen LogP contribution in [0.5, 0.6) is 0 Å². The fourth-order valence-corrected chi connectivity index (χ4v) is 3.32. The molecular formula is C15H15BrN2OS. The number of benzene rings is 1. The lowest BCUT2D eigenvalue weighted by atomic mass is 10.1. The normalized spacial score (nSPS) is 12.1. The smallest absolute Gasteiger partial charge is 0.0991 e. The molecule has 20 heavy (non-hydrogen) atoms. The number of halogens is 1. The van der Waals surface area contributed by atoms with Crippen molar-refractivity contribution in [3.63, 3.8) is 0 Å². The van der Waals surface area contributed by atoms with Crippen LogP contribution in [0.3, 0.4) is 0 Å². The van der Waals surface area contributed by atoms with E-state index in [1.165, 1.54) is 4.88 Å². The second-order valence-electron chi connectivity index (χ2n) is 4.41. The van der Waals surface area contributed by atoms with Gasteiger partial charge < -0.3 is 10.4 Å². The molecule has 2 rings (SSSR count). The number of nitrogens with one attached hydrogen (secondary N) is 1. The van der Waals surface area contributed by atoms with Crippen molar-refractivity contribution < 1.29 is 5.11 Å². The Labute approximate surface area is 131 Å². The Bertz CT molecular complexity index is 589. The number of thiophene rings is 1. The van der Waals surface area contributed by atoms with Gasteiger partial charge in [-0.15, -0.1) is 11.3 Å². The van der Waals surface area contributed by atoms with Crippen LogP contribution in [0.25, 0.3) is 0 Å². The zero-order valence-corrected chi connectivity index (χ0v) is 13.2. The second kappa shape index (κ2) is 7.55. The zero-order chi connectivity index (χ0) is 14.4. The van der Waals surface area contributed by atoms with Gasteiger partial charge in [-0.3, -0.25) is 0 Å². The lowest BCUT2D eigenvalue weighted by Gasteiger charge is -2.12. The number of hydrogen-bond acceptors (Lipinski definition) is 4. The van der Waals surface area contributed by atoms with Crippen molar-refractivity contribution in [3.05, 3.63) is 56.2 Å².